The van der Waals surface area contributed by atoms with Gasteiger partial charge in [0.2, 0.25) is 10.0 Å². The molecule has 5 nitrogen and oxygen atoms in total. The Morgan fingerprint density at radius 3 is 2.43 bits per heavy atom. The zero-order valence-corrected chi connectivity index (χ0v) is 13.5. The summed E-state index contributed by atoms with van der Waals surface area (Å²) in [5.41, 5.74) is 2.73. The van der Waals surface area contributed by atoms with Gasteiger partial charge in [-0.3, -0.25) is 4.31 Å². The monoisotopic (exact) mass is 305 g/mol. The molecule has 0 atom stereocenters. The number of hydrogen-bond acceptors (Lipinski definition) is 4. The largest absolute Gasteiger partial charge is 0.373 e. The number of anilines is 2. The first-order valence-corrected chi connectivity index (χ1v) is 8.87. The molecule has 0 unspecified atom stereocenters. The lowest BCUT2D eigenvalue weighted by Crippen LogP contribution is -2.36. The maximum absolute atomic E-state index is 11.6. The molecule has 7 heteroatoms. The lowest BCUT2D eigenvalue weighted by atomic mass is 9.45. The summed E-state index contributed by atoms with van der Waals surface area (Å²) in [6.45, 7) is 3.83. The number of hydrogen-bond donors (Lipinski definition) is 0. The van der Waals surface area contributed by atoms with Gasteiger partial charge in [0.05, 0.1) is 11.9 Å². The summed E-state index contributed by atoms with van der Waals surface area (Å²) in [6.07, 6.45) is 2.98. The van der Waals surface area contributed by atoms with Crippen molar-refractivity contribution in [2.45, 2.75) is 19.6 Å². The SMILES string of the molecule is Cc1cc(N2CCB(C#N)CC2)ccc1N(C)S(C)(=O)=O. The molecule has 0 amide bonds. The Morgan fingerprint density at radius 1 is 1.33 bits per heavy atom. The first kappa shape index (κ1) is 15.7. The fourth-order valence-electron chi connectivity index (χ4n) is 2.64. The van der Waals surface area contributed by atoms with Crippen molar-refractivity contribution >= 4 is 28.1 Å². The molecular weight excluding hydrogens is 285 g/mol. The lowest BCUT2D eigenvalue weighted by molar-refractivity contribution is 0.600. The van der Waals surface area contributed by atoms with Gasteiger partial charge in [-0.15, -0.1) is 0 Å². The van der Waals surface area contributed by atoms with Crippen LogP contribution in [0.2, 0.25) is 12.6 Å². The van der Waals surface area contributed by atoms with E-state index in [1.54, 1.807) is 7.05 Å². The molecule has 1 saturated heterocycles. The van der Waals surface area contributed by atoms with Crippen LogP contribution in [-0.4, -0.2) is 41.5 Å². The van der Waals surface area contributed by atoms with Gasteiger partial charge in [-0.05, 0) is 43.3 Å². The third-order valence-corrected chi connectivity index (χ3v) is 5.25. The summed E-state index contributed by atoms with van der Waals surface area (Å²) < 4.78 is 24.5. The van der Waals surface area contributed by atoms with Crippen LogP contribution >= 0.6 is 0 Å². The molecule has 1 aromatic carbocycles. The molecule has 2 rings (SSSR count). The van der Waals surface area contributed by atoms with E-state index < -0.39 is 10.0 Å². The topological polar surface area (TPSA) is 64.4 Å². The van der Waals surface area contributed by atoms with Crippen molar-refractivity contribution in [1.29, 1.82) is 5.26 Å². The third-order valence-electron chi connectivity index (χ3n) is 4.06. The number of nitrogens with zero attached hydrogens (tertiary/aromatic N) is 3. The molecule has 0 aromatic heterocycles. The zero-order chi connectivity index (χ0) is 15.6. The van der Waals surface area contributed by atoms with Crippen molar-refractivity contribution in [2.75, 3.05) is 35.6 Å². The fraction of sp³-hybridized carbons (Fsp3) is 0.500. The van der Waals surface area contributed by atoms with Gasteiger partial charge < -0.3 is 4.90 Å². The standard InChI is InChI=1S/C14H20BN3O2S/c1-12-10-13(18-8-6-15(11-16)7-9-18)4-5-14(12)17(2)21(3,19)20/h4-5,10H,6-9H2,1-3H3. The third kappa shape index (κ3) is 3.51. The highest BCUT2D eigenvalue weighted by atomic mass is 32.2. The number of nitriles is 1. The highest BCUT2D eigenvalue weighted by molar-refractivity contribution is 7.92. The predicted octanol–water partition coefficient (Wildman–Crippen LogP) is 1.77. The van der Waals surface area contributed by atoms with Gasteiger partial charge in [0, 0.05) is 31.8 Å². The second-order valence-corrected chi connectivity index (χ2v) is 7.61. The summed E-state index contributed by atoms with van der Waals surface area (Å²) in [5.74, 6) is 2.33. The van der Waals surface area contributed by atoms with E-state index >= 15 is 0 Å². The van der Waals surface area contributed by atoms with Gasteiger partial charge in [-0.25, -0.2) is 13.7 Å². The van der Waals surface area contributed by atoms with Crippen molar-refractivity contribution in [1.82, 2.24) is 0 Å². The smallest absolute Gasteiger partial charge is 0.271 e. The van der Waals surface area contributed by atoms with E-state index in [9.17, 15) is 8.42 Å². The molecule has 0 bridgehead atoms. The quantitative estimate of drug-likeness (QED) is 0.798. The Balaban J connectivity index is 2.19. The van der Waals surface area contributed by atoms with E-state index in [4.69, 9.17) is 5.26 Å². The normalized spacial score (nSPS) is 15.7. The van der Waals surface area contributed by atoms with Crippen LogP contribution in [0.4, 0.5) is 11.4 Å². The predicted molar refractivity (Wildman–Crippen MR) is 87.6 cm³/mol. The first-order valence-electron chi connectivity index (χ1n) is 7.02. The van der Waals surface area contributed by atoms with E-state index in [0.29, 0.717) is 5.69 Å². The van der Waals surface area contributed by atoms with Gasteiger partial charge in [0.15, 0.2) is 0 Å². The van der Waals surface area contributed by atoms with E-state index in [-0.39, 0.29) is 6.71 Å². The van der Waals surface area contributed by atoms with Crippen molar-refractivity contribution < 1.29 is 8.42 Å². The highest BCUT2D eigenvalue weighted by Gasteiger charge is 2.23. The van der Waals surface area contributed by atoms with Crippen LogP contribution in [0.5, 0.6) is 0 Å². The molecule has 0 radical (unpaired) electrons. The van der Waals surface area contributed by atoms with Gasteiger partial charge >= 0.3 is 0 Å². The summed E-state index contributed by atoms with van der Waals surface area (Å²) in [5, 5.41) is 8.93. The molecule has 0 spiro atoms. The molecule has 112 valence electrons. The molecule has 0 aliphatic carbocycles. The van der Waals surface area contributed by atoms with E-state index in [2.05, 4.69) is 10.9 Å². The Labute approximate surface area is 127 Å². The van der Waals surface area contributed by atoms with Crippen molar-refractivity contribution in [3.05, 3.63) is 23.8 Å². The van der Waals surface area contributed by atoms with Crippen LogP contribution in [0.1, 0.15) is 5.56 Å². The number of aryl methyl sites for hydroxylation is 1. The van der Waals surface area contributed by atoms with Crippen LogP contribution in [0.25, 0.3) is 0 Å². The molecule has 1 aromatic rings. The van der Waals surface area contributed by atoms with Crippen molar-refractivity contribution in [2.24, 2.45) is 0 Å². The Bertz CT molecular complexity index is 661. The minimum Gasteiger partial charge on any atom is -0.373 e. The average Bonchev–Trinajstić information content (AvgIpc) is 2.45. The number of rotatable bonds is 3. The first-order chi connectivity index (χ1) is 9.82. The van der Waals surface area contributed by atoms with E-state index in [0.717, 1.165) is 37.0 Å². The molecule has 1 heterocycles. The van der Waals surface area contributed by atoms with Crippen molar-refractivity contribution in [3.8, 4) is 5.97 Å². The Kier molecular flexibility index (Phi) is 4.47. The summed E-state index contributed by atoms with van der Waals surface area (Å²) in [7, 11) is -1.68. The van der Waals surface area contributed by atoms with Crippen LogP contribution in [-0.2, 0) is 10.0 Å². The average molecular weight is 305 g/mol. The minimum atomic E-state index is -3.24. The number of benzene rings is 1. The lowest BCUT2D eigenvalue weighted by Gasteiger charge is -2.31. The van der Waals surface area contributed by atoms with Crippen LogP contribution in [0.3, 0.4) is 0 Å². The van der Waals surface area contributed by atoms with Gasteiger partial charge in [0.1, 0.15) is 0 Å². The fourth-order valence-corrected chi connectivity index (χ4v) is 3.20. The van der Waals surface area contributed by atoms with E-state index in [1.165, 1.54) is 10.6 Å². The summed E-state index contributed by atoms with van der Waals surface area (Å²) >= 11 is 0. The molecule has 0 saturated carbocycles. The second kappa shape index (κ2) is 5.98. The maximum Gasteiger partial charge on any atom is 0.271 e. The minimum absolute atomic E-state index is 0.165. The molecule has 1 aliphatic heterocycles. The second-order valence-electron chi connectivity index (χ2n) is 5.59. The molecule has 21 heavy (non-hydrogen) atoms. The van der Waals surface area contributed by atoms with Crippen LogP contribution < -0.4 is 9.21 Å². The molecular formula is C14H20BN3O2S. The Morgan fingerprint density at radius 2 is 1.95 bits per heavy atom. The van der Waals surface area contributed by atoms with Crippen LogP contribution in [0, 0.1) is 18.2 Å². The van der Waals surface area contributed by atoms with Crippen LogP contribution in [0.15, 0.2) is 18.2 Å². The van der Waals surface area contributed by atoms with E-state index in [1.807, 2.05) is 25.1 Å². The summed E-state index contributed by atoms with van der Waals surface area (Å²) in [6, 6.07) is 5.82. The highest BCUT2D eigenvalue weighted by Crippen LogP contribution is 2.28. The zero-order valence-electron chi connectivity index (χ0n) is 12.7. The van der Waals surface area contributed by atoms with Gasteiger partial charge in [-0.1, -0.05) is 0 Å². The summed E-state index contributed by atoms with van der Waals surface area (Å²) in [4.78, 5) is 2.26. The van der Waals surface area contributed by atoms with Gasteiger partial charge in [-0.2, -0.15) is 0 Å². The molecule has 1 aliphatic rings. The maximum atomic E-state index is 11.6. The van der Waals surface area contributed by atoms with Crippen molar-refractivity contribution in [3.63, 3.8) is 0 Å². The Hall–Kier alpha value is -1.68. The van der Waals surface area contributed by atoms with Gasteiger partial charge in [0.25, 0.3) is 6.71 Å². The number of sulfonamides is 1. The molecule has 0 N–H and O–H groups in total. The molecule has 1 fully saturated rings.